The Morgan fingerprint density at radius 3 is 1.72 bits per heavy atom. The summed E-state index contributed by atoms with van der Waals surface area (Å²) in [7, 11) is -5.44. The molecule has 4 rings (SSSR count). The van der Waals surface area contributed by atoms with Crippen LogP contribution in [0.1, 0.15) is 37.0 Å². The minimum atomic E-state index is -3.80. The SMILES string of the molecule is CCOP(=O)(OCC)[C@]1(S(=O)c2ccc(C)cc2)CC1(c1ccccc1)c1ccccc1. The first-order valence-electron chi connectivity index (χ1n) is 10.9. The summed E-state index contributed by atoms with van der Waals surface area (Å²) in [5, 5.41) is 0. The Kier molecular flexibility index (Phi) is 6.56. The highest BCUT2D eigenvalue weighted by atomic mass is 32.2. The fourth-order valence-corrected chi connectivity index (χ4v) is 10.1. The van der Waals surface area contributed by atoms with Gasteiger partial charge in [0.15, 0.2) is 4.49 Å². The molecular formula is C26H29O4PS. The van der Waals surface area contributed by atoms with E-state index in [1.807, 2.05) is 91.9 Å². The summed E-state index contributed by atoms with van der Waals surface area (Å²) in [6.45, 7) is 6.00. The van der Waals surface area contributed by atoms with Gasteiger partial charge in [-0.1, -0.05) is 78.4 Å². The van der Waals surface area contributed by atoms with E-state index in [1.165, 1.54) is 0 Å². The molecule has 0 spiro atoms. The lowest BCUT2D eigenvalue weighted by Gasteiger charge is -2.32. The second-order valence-corrected chi connectivity index (χ2v) is 12.3. The first-order valence-corrected chi connectivity index (χ1v) is 13.6. The molecule has 0 amide bonds. The molecule has 2 atom stereocenters. The van der Waals surface area contributed by atoms with Crippen LogP contribution in [-0.2, 0) is 29.8 Å². The molecule has 0 N–H and O–H groups in total. The van der Waals surface area contributed by atoms with Crippen LogP contribution in [0.15, 0.2) is 89.8 Å². The van der Waals surface area contributed by atoms with E-state index < -0.39 is 28.3 Å². The van der Waals surface area contributed by atoms with E-state index in [1.54, 1.807) is 13.8 Å². The van der Waals surface area contributed by atoms with Gasteiger partial charge in [0.05, 0.1) is 29.4 Å². The van der Waals surface area contributed by atoms with E-state index in [0.29, 0.717) is 11.3 Å². The maximum absolute atomic E-state index is 14.5. The van der Waals surface area contributed by atoms with Gasteiger partial charge in [0.1, 0.15) is 0 Å². The lowest BCUT2D eigenvalue weighted by atomic mass is 9.88. The van der Waals surface area contributed by atoms with Gasteiger partial charge >= 0.3 is 7.60 Å². The maximum atomic E-state index is 14.5. The fourth-order valence-electron chi connectivity index (χ4n) is 4.68. The summed E-state index contributed by atoms with van der Waals surface area (Å²) in [4.78, 5) is 0.629. The van der Waals surface area contributed by atoms with Gasteiger partial charge in [0.25, 0.3) is 0 Å². The first-order chi connectivity index (χ1) is 15.4. The Labute approximate surface area is 193 Å². The fraction of sp³-hybridized carbons (Fsp3) is 0.308. The van der Waals surface area contributed by atoms with Crippen LogP contribution < -0.4 is 0 Å². The van der Waals surface area contributed by atoms with Crippen LogP contribution in [0.3, 0.4) is 0 Å². The molecule has 32 heavy (non-hydrogen) atoms. The van der Waals surface area contributed by atoms with Gasteiger partial charge in [-0.25, -0.2) is 0 Å². The van der Waals surface area contributed by atoms with Crippen molar-refractivity contribution in [2.75, 3.05) is 13.2 Å². The summed E-state index contributed by atoms with van der Waals surface area (Å²) in [5.74, 6) is 0. The van der Waals surface area contributed by atoms with Gasteiger partial charge in [-0.15, -0.1) is 0 Å². The minimum Gasteiger partial charge on any atom is -0.308 e. The molecule has 1 fully saturated rings. The lowest BCUT2D eigenvalue weighted by molar-refractivity contribution is 0.215. The van der Waals surface area contributed by atoms with Crippen molar-refractivity contribution < 1.29 is 17.8 Å². The average molecular weight is 469 g/mol. The van der Waals surface area contributed by atoms with Gasteiger partial charge in [0, 0.05) is 4.90 Å². The van der Waals surface area contributed by atoms with Gasteiger partial charge in [-0.05, 0) is 50.5 Å². The number of benzene rings is 3. The minimum absolute atomic E-state index is 0.212. The Bertz CT molecular complexity index is 1080. The third kappa shape index (κ3) is 3.52. The molecular weight excluding hydrogens is 439 g/mol. The Morgan fingerprint density at radius 2 is 1.28 bits per heavy atom. The van der Waals surface area contributed by atoms with Crippen LogP contribution in [0, 0.1) is 6.92 Å². The molecule has 1 aliphatic rings. The van der Waals surface area contributed by atoms with Crippen molar-refractivity contribution in [3.05, 3.63) is 102 Å². The number of rotatable bonds is 9. The lowest BCUT2D eigenvalue weighted by Crippen LogP contribution is -2.32. The molecule has 0 heterocycles. The Balaban J connectivity index is 2.01. The molecule has 0 aliphatic heterocycles. The largest absolute Gasteiger partial charge is 0.350 e. The first kappa shape index (κ1) is 23.1. The van der Waals surface area contributed by atoms with Gasteiger partial charge in [-0.3, -0.25) is 8.77 Å². The topological polar surface area (TPSA) is 52.6 Å². The van der Waals surface area contributed by atoms with Crippen molar-refractivity contribution in [2.45, 2.75) is 42.0 Å². The summed E-state index contributed by atoms with van der Waals surface area (Å²) in [5.41, 5.74) is 2.24. The molecule has 4 nitrogen and oxygen atoms in total. The highest BCUT2D eigenvalue weighted by Crippen LogP contribution is 2.83. The number of hydrogen-bond acceptors (Lipinski definition) is 4. The van der Waals surface area contributed by atoms with Crippen LogP contribution in [0.5, 0.6) is 0 Å². The molecule has 0 aromatic heterocycles. The van der Waals surface area contributed by atoms with Crippen molar-refractivity contribution in [3.63, 3.8) is 0 Å². The van der Waals surface area contributed by atoms with Crippen molar-refractivity contribution in [1.29, 1.82) is 0 Å². The normalized spacial score (nSPS) is 20.6. The zero-order chi connectivity index (χ0) is 22.8. The number of hydrogen-bond donors (Lipinski definition) is 0. The molecule has 0 bridgehead atoms. The molecule has 6 heteroatoms. The molecule has 1 saturated carbocycles. The zero-order valence-electron chi connectivity index (χ0n) is 18.7. The van der Waals surface area contributed by atoms with Gasteiger partial charge in [-0.2, -0.15) is 0 Å². The molecule has 0 saturated heterocycles. The van der Waals surface area contributed by atoms with E-state index in [4.69, 9.17) is 9.05 Å². The van der Waals surface area contributed by atoms with Gasteiger partial charge < -0.3 is 9.05 Å². The Morgan fingerprint density at radius 1 is 0.812 bits per heavy atom. The van der Waals surface area contributed by atoms with E-state index >= 15 is 0 Å². The van der Waals surface area contributed by atoms with E-state index in [0.717, 1.165) is 16.7 Å². The van der Waals surface area contributed by atoms with Crippen molar-refractivity contribution in [2.24, 2.45) is 0 Å². The number of aryl methyl sites for hydroxylation is 1. The van der Waals surface area contributed by atoms with Crippen molar-refractivity contribution in [1.82, 2.24) is 0 Å². The summed E-state index contributed by atoms with van der Waals surface area (Å²) < 4.78 is 39.5. The molecule has 3 aromatic carbocycles. The molecule has 1 aliphatic carbocycles. The summed E-state index contributed by atoms with van der Waals surface area (Å²) >= 11 is 0. The van der Waals surface area contributed by atoms with E-state index in [9.17, 15) is 8.77 Å². The summed E-state index contributed by atoms with van der Waals surface area (Å²) in [6, 6.07) is 27.4. The molecule has 168 valence electrons. The Hall–Kier alpha value is -2.04. The van der Waals surface area contributed by atoms with E-state index in [-0.39, 0.29) is 13.2 Å². The standard InChI is InChI=1S/C26H29O4PS/c1-4-29-31(27,30-5-2)26(32(28)24-18-16-21(3)17-19-24)20-25(26,22-12-8-6-9-13-22)23-14-10-7-11-15-23/h6-19H,4-5,20H2,1-3H3/t26-,32?/m0/s1. The maximum Gasteiger partial charge on any atom is 0.350 e. The third-order valence-electron chi connectivity index (χ3n) is 6.16. The predicted molar refractivity (Wildman–Crippen MR) is 129 cm³/mol. The van der Waals surface area contributed by atoms with Crippen LogP contribution in [0.2, 0.25) is 0 Å². The smallest absolute Gasteiger partial charge is 0.308 e. The van der Waals surface area contributed by atoms with Crippen LogP contribution in [0.4, 0.5) is 0 Å². The average Bonchev–Trinajstić information content (AvgIpc) is 3.54. The monoisotopic (exact) mass is 468 g/mol. The highest BCUT2D eigenvalue weighted by molar-refractivity contribution is 7.95. The second kappa shape index (κ2) is 9.07. The molecule has 3 aromatic rings. The van der Waals surface area contributed by atoms with Crippen molar-refractivity contribution in [3.8, 4) is 0 Å². The molecule has 0 radical (unpaired) electrons. The van der Waals surface area contributed by atoms with Crippen LogP contribution in [-0.4, -0.2) is 21.9 Å². The van der Waals surface area contributed by atoms with Gasteiger partial charge in [0.2, 0.25) is 0 Å². The van der Waals surface area contributed by atoms with Crippen molar-refractivity contribution >= 4 is 18.4 Å². The third-order valence-corrected chi connectivity index (χ3v) is 11.8. The second-order valence-electron chi connectivity index (χ2n) is 8.01. The predicted octanol–water partition coefficient (Wildman–Crippen LogP) is 6.46. The molecule has 1 unspecified atom stereocenters. The van der Waals surface area contributed by atoms with Crippen LogP contribution >= 0.6 is 7.60 Å². The van der Waals surface area contributed by atoms with Crippen LogP contribution in [0.25, 0.3) is 0 Å². The highest BCUT2D eigenvalue weighted by Gasteiger charge is 2.82. The van der Waals surface area contributed by atoms with E-state index in [2.05, 4.69) is 0 Å². The quantitative estimate of drug-likeness (QED) is 0.339. The zero-order valence-corrected chi connectivity index (χ0v) is 20.4. The summed E-state index contributed by atoms with van der Waals surface area (Å²) in [6.07, 6.45) is 0.409.